The molecule has 15 heavy (non-hydrogen) atoms. The minimum atomic E-state index is -0.764. The minimum Gasteiger partial charge on any atom is -0.340 e. The van der Waals surface area contributed by atoms with Gasteiger partial charge in [0.1, 0.15) is 11.1 Å². The Morgan fingerprint density at radius 3 is 2.27 bits per heavy atom. The molecular weight excluding hydrogens is 192 g/mol. The zero-order valence-corrected chi connectivity index (χ0v) is 9.76. The van der Waals surface area contributed by atoms with Crippen LogP contribution in [-0.4, -0.2) is 34.8 Å². The van der Waals surface area contributed by atoms with Gasteiger partial charge in [-0.2, -0.15) is 0 Å². The molecule has 0 spiro atoms. The van der Waals surface area contributed by atoms with Gasteiger partial charge in [0, 0.05) is 7.05 Å². The summed E-state index contributed by atoms with van der Waals surface area (Å²) < 4.78 is 0. The molecule has 1 N–H and O–H groups in total. The van der Waals surface area contributed by atoms with Gasteiger partial charge in [-0.05, 0) is 39.5 Å². The number of likely N-dealkylation sites (N-methyl/N-ethyl adjacent to an activating group) is 1. The van der Waals surface area contributed by atoms with Crippen molar-refractivity contribution < 1.29 is 9.59 Å². The van der Waals surface area contributed by atoms with E-state index in [0.717, 1.165) is 12.8 Å². The summed E-state index contributed by atoms with van der Waals surface area (Å²) in [6.07, 6.45) is 2.09. The van der Waals surface area contributed by atoms with Crippen LogP contribution in [0, 0.1) is 5.92 Å². The number of rotatable bonds is 1. The molecule has 2 fully saturated rings. The second-order valence-corrected chi connectivity index (χ2v) is 5.37. The molecule has 1 heterocycles. The van der Waals surface area contributed by atoms with E-state index >= 15 is 0 Å². The number of hydrogen-bond acceptors (Lipinski definition) is 2. The van der Waals surface area contributed by atoms with Crippen LogP contribution in [0.3, 0.4) is 0 Å². The Morgan fingerprint density at radius 2 is 1.80 bits per heavy atom. The number of carbonyl (C=O) groups excluding carboxylic acids is 2. The maximum atomic E-state index is 12.1. The normalized spacial score (nSPS) is 35.3. The average molecular weight is 210 g/mol. The van der Waals surface area contributed by atoms with Crippen LogP contribution >= 0.6 is 0 Å². The van der Waals surface area contributed by atoms with E-state index < -0.39 is 11.1 Å². The Morgan fingerprint density at radius 1 is 1.27 bits per heavy atom. The molecule has 0 aromatic rings. The molecule has 4 nitrogen and oxygen atoms in total. The number of amides is 2. The van der Waals surface area contributed by atoms with E-state index in [1.807, 2.05) is 6.92 Å². The molecule has 0 radical (unpaired) electrons. The molecule has 2 aliphatic rings. The number of piperazine rings is 1. The van der Waals surface area contributed by atoms with Gasteiger partial charge in [-0.25, -0.2) is 0 Å². The van der Waals surface area contributed by atoms with Crippen LogP contribution in [0.5, 0.6) is 0 Å². The molecule has 1 saturated heterocycles. The van der Waals surface area contributed by atoms with Crippen molar-refractivity contribution in [1.29, 1.82) is 0 Å². The molecule has 84 valence electrons. The summed E-state index contributed by atoms with van der Waals surface area (Å²) in [7, 11) is 1.74. The summed E-state index contributed by atoms with van der Waals surface area (Å²) >= 11 is 0. The maximum absolute atomic E-state index is 12.1. The summed E-state index contributed by atoms with van der Waals surface area (Å²) in [4.78, 5) is 25.7. The summed E-state index contributed by atoms with van der Waals surface area (Å²) in [5.41, 5.74) is -1.40. The molecule has 0 bridgehead atoms. The van der Waals surface area contributed by atoms with E-state index in [1.165, 1.54) is 0 Å². The Kier molecular flexibility index (Phi) is 1.91. The van der Waals surface area contributed by atoms with Gasteiger partial charge in [-0.1, -0.05) is 0 Å². The van der Waals surface area contributed by atoms with Gasteiger partial charge in [0.05, 0.1) is 0 Å². The van der Waals surface area contributed by atoms with Crippen LogP contribution in [0.25, 0.3) is 0 Å². The van der Waals surface area contributed by atoms with Gasteiger partial charge in [-0.3, -0.25) is 9.59 Å². The molecule has 1 unspecified atom stereocenters. The van der Waals surface area contributed by atoms with Crippen LogP contribution in [0.1, 0.15) is 33.6 Å². The third kappa shape index (κ3) is 1.27. The first-order valence-corrected chi connectivity index (χ1v) is 5.41. The highest BCUT2D eigenvalue weighted by atomic mass is 16.2. The third-order valence-corrected chi connectivity index (χ3v) is 3.79. The van der Waals surface area contributed by atoms with E-state index in [-0.39, 0.29) is 11.8 Å². The number of nitrogens with zero attached hydrogens (tertiary/aromatic N) is 1. The van der Waals surface area contributed by atoms with Crippen molar-refractivity contribution in [3.8, 4) is 0 Å². The lowest BCUT2D eigenvalue weighted by molar-refractivity contribution is -0.159. The smallest absolute Gasteiger partial charge is 0.248 e. The Labute approximate surface area is 90.0 Å². The molecule has 1 aliphatic heterocycles. The fourth-order valence-corrected chi connectivity index (χ4v) is 2.35. The van der Waals surface area contributed by atoms with Gasteiger partial charge in [-0.15, -0.1) is 0 Å². The highest BCUT2D eigenvalue weighted by Gasteiger charge is 2.57. The van der Waals surface area contributed by atoms with Crippen molar-refractivity contribution in [2.45, 2.75) is 44.7 Å². The quantitative estimate of drug-likeness (QED) is 0.686. The van der Waals surface area contributed by atoms with Crippen LogP contribution in [-0.2, 0) is 9.59 Å². The van der Waals surface area contributed by atoms with Crippen LogP contribution in [0.15, 0.2) is 0 Å². The molecule has 1 saturated carbocycles. The van der Waals surface area contributed by atoms with Gasteiger partial charge >= 0.3 is 0 Å². The van der Waals surface area contributed by atoms with Crippen molar-refractivity contribution in [2.24, 2.45) is 5.92 Å². The Hall–Kier alpha value is -1.06. The first kappa shape index (κ1) is 10.5. The lowest BCUT2D eigenvalue weighted by atomic mass is 9.85. The highest BCUT2D eigenvalue weighted by Crippen LogP contribution is 2.44. The number of nitrogens with one attached hydrogen (secondary N) is 1. The van der Waals surface area contributed by atoms with Gasteiger partial charge in [0.25, 0.3) is 0 Å². The largest absolute Gasteiger partial charge is 0.340 e. The molecule has 2 rings (SSSR count). The van der Waals surface area contributed by atoms with E-state index in [4.69, 9.17) is 0 Å². The van der Waals surface area contributed by atoms with E-state index in [0.29, 0.717) is 5.92 Å². The first-order chi connectivity index (χ1) is 6.80. The average Bonchev–Trinajstić information content (AvgIpc) is 2.94. The number of carbonyl (C=O) groups is 2. The molecule has 2 amide bonds. The van der Waals surface area contributed by atoms with Gasteiger partial charge < -0.3 is 10.2 Å². The third-order valence-electron chi connectivity index (χ3n) is 3.79. The van der Waals surface area contributed by atoms with Crippen molar-refractivity contribution in [1.82, 2.24) is 10.2 Å². The van der Waals surface area contributed by atoms with E-state index in [2.05, 4.69) is 5.32 Å². The second-order valence-electron chi connectivity index (χ2n) is 5.37. The fraction of sp³-hybridized carbons (Fsp3) is 0.818. The summed E-state index contributed by atoms with van der Waals surface area (Å²) in [6.45, 7) is 5.36. The summed E-state index contributed by atoms with van der Waals surface area (Å²) in [6, 6.07) is 0. The highest BCUT2D eigenvalue weighted by molar-refractivity contribution is 6.01. The maximum Gasteiger partial charge on any atom is 0.248 e. The predicted octanol–water partition coefficient (Wildman–Crippen LogP) is 0.522. The minimum absolute atomic E-state index is 0.00324. The molecule has 1 aliphatic carbocycles. The van der Waals surface area contributed by atoms with Crippen molar-refractivity contribution in [3.05, 3.63) is 0 Å². The lowest BCUT2D eigenvalue weighted by Crippen LogP contribution is -2.73. The monoisotopic (exact) mass is 210 g/mol. The fourth-order valence-electron chi connectivity index (χ4n) is 2.35. The topological polar surface area (TPSA) is 49.4 Å². The van der Waals surface area contributed by atoms with Crippen molar-refractivity contribution in [3.63, 3.8) is 0 Å². The second kappa shape index (κ2) is 2.74. The molecular formula is C11H18N2O2. The predicted molar refractivity (Wildman–Crippen MR) is 56.1 cm³/mol. The van der Waals surface area contributed by atoms with Crippen LogP contribution in [0.4, 0.5) is 0 Å². The first-order valence-electron chi connectivity index (χ1n) is 5.41. The molecule has 0 aromatic heterocycles. The van der Waals surface area contributed by atoms with Crippen molar-refractivity contribution >= 4 is 11.8 Å². The summed E-state index contributed by atoms with van der Waals surface area (Å²) in [5, 5.41) is 2.82. The van der Waals surface area contributed by atoms with E-state index in [9.17, 15) is 9.59 Å². The zero-order chi connectivity index (χ0) is 11.4. The lowest BCUT2D eigenvalue weighted by Gasteiger charge is -2.47. The van der Waals surface area contributed by atoms with E-state index in [1.54, 1.807) is 25.8 Å². The SMILES string of the molecule is CN1C(=O)C(C)(C)NC(=O)C1(C)C1CC1. The Bertz CT molecular complexity index is 333. The van der Waals surface area contributed by atoms with Gasteiger partial charge in [0.15, 0.2) is 0 Å². The Balaban J connectivity index is 2.36. The molecule has 0 aromatic carbocycles. The zero-order valence-electron chi connectivity index (χ0n) is 9.76. The summed E-state index contributed by atoms with van der Waals surface area (Å²) in [5.74, 6) is 0.316. The standard InChI is InChI=1S/C11H18N2O2/c1-10(2)9(15)13(4)11(3,7-5-6-7)8(14)12-10/h7H,5-6H2,1-4H3,(H,12,14). The van der Waals surface area contributed by atoms with Crippen LogP contribution < -0.4 is 5.32 Å². The molecule has 4 heteroatoms. The number of hydrogen-bond donors (Lipinski definition) is 1. The van der Waals surface area contributed by atoms with Gasteiger partial charge in [0.2, 0.25) is 11.8 Å². The van der Waals surface area contributed by atoms with Crippen molar-refractivity contribution in [2.75, 3.05) is 7.05 Å². The molecule has 1 atom stereocenters. The van der Waals surface area contributed by atoms with Crippen LogP contribution in [0.2, 0.25) is 0 Å².